The van der Waals surface area contributed by atoms with Gasteiger partial charge in [0.1, 0.15) is 0 Å². The molecule has 2 aromatic rings. The summed E-state index contributed by atoms with van der Waals surface area (Å²) in [7, 11) is 0. The highest BCUT2D eigenvalue weighted by atomic mass is 16.4. The van der Waals surface area contributed by atoms with E-state index in [1.807, 2.05) is 6.07 Å². The molecule has 1 aliphatic heterocycles. The number of carbonyl (C=O) groups is 3. The average molecular weight is 509 g/mol. The Hall–Kier alpha value is -3.19. The van der Waals surface area contributed by atoms with Gasteiger partial charge in [0.15, 0.2) is 0 Å². The second kappa shape index (κ2) is 15.2. The summed E-state index contributed by atoms with van der Waals surface area (Å²) in [6, 6.07) is 21.0. The molecule has 4 rings (SSSR count). The number of rotatable bonds is 8. The van der Waals surface area contributed by atoms with Gasteiger partial charge in [0.25, 0.3) is 0 Å². The lowest BCUT2D eigenvalue weighted by molar-refractivity contribution is -0.159. The molecule has 0 bridgehead atoms. The Labute approximate surface area is 220 Å². The maximum Gasteiger partial charge on any atom is 0.414 e. The van der Waals surface area contributed by atoms with Crippen molar-refractivity contribution in [3.63, 3.8) is 0 Å². The predicted molar refractivity (Wildman–Crippen MR) is 143 cm³/mol. The van der Waals surface area contributed by atoms with E-state index < -0.39 is 11.9 Å². The maximum absolute atomic E-state index is 13.5. The van der Waals surface area contributed by atoms with Gasteiger partial charge >= 0.3 is 11.9 Å². The van der Waals surface area contributed by atoms with Gasteiger partial charge in [-0.15, -0.1) is 0 Å². The fourth-order valence-electron chi connectivity index (χ4n) is 5.34. The minimum absolute atomic E-state index is 0.182. The first-order valence-corrected chi connectivity index (χ1v) is 13.5. The summed E-state index contributed by atoms with van der Waals surface area (Å²) in [6.45, 7) is 4.94. The lowest BCUT2D eigenvalue weighted by Gasteiger charge is -2.36. The lowest BCUT2D eigenvalue weighted by Crippen LogP contribution is -2.44. The van der Waals surface area contributed by atoms with Crippen molar-refractivity contribution in [2.75, 3.05) is 26.2 Å². The molecule has 1 heterocycles. The van der Waals surface area contributed by atoms with Gasteiger partial charge < -0.3 is 20.0 Å². The van der Waals surface area contributed by atoms with E-state index in [4.69, 9.17) is 19.8 Å². The maximum atomic E-state index is 13.5. The zero-order valence-electron chi connectivity index (χ0n) is 21.6. The van der Waals surface area contributed by atoms with Crippen molar-refractivity contribution in [3.8, 4) is 0 Å². The van der Waals surface area contributed by atoms with Crippen LogP contribution in [-0.4, -0.2) is 64.0 Å². The average Bonchev–Trinajstić information content (AvgIpc) is 2.93. The molecule has 0 radical (unpaired) electrons. The molecule has 2 fully saturated rings. The fraction of sp³-hybridized carbons (Fsp3) is 0.500. The first kappa shape index (κ1) is 28.4. The van der Waals surface area contributed by atoms with E-state index >= 15 is 0 Å². The van der Waals surface area contributed by atoms with Crippen LogP contribution in [0, 0.1) is 11.8 Å². The van der Waals surface area contributed by atoms with Gasteiger partial charge in [-0.25, -0.2) is 9.59 Å². The fourth-order valence-corrected chi connectivity index (χ4v) is 5.34. The molecule has 1 saturated heterocycles. The van der Waals surface area contributed by atoms with Crippen molar-refractivity contribution in [1.29, 1.82) is 0 Å². The van der Waals surface area contributed by atoms with Crippen LogP contribution in [-0.2, 0) is 27.3 Å². The van der Waals surface area contributed by atoms with Gasteiger partial charge in [-0.1, -0.05) is 79.9 Å². The number of carbonyl (C=O) groups excluding carboxylic acids is 1. The molecule has 0 atom stereocenters. The van der Waals surface area contributed by atoms with E-state index in [1.165, 1.54) is 49.8 Å². The number of hydrogen-bond donors (Lipinski definition) is 2. The van der Waals surface area contributed by atoms with E-state index in [2.05, 4.69) is 64.4 Å². The highest BCUT2D eigenvalue weighted by molar-refractivity contribution is 6.27. The Morgan fingerprint density at radius 2 is 1.30 bits per heavy atom. The van der Waals surface area contributed by atoms with Crippen LogP contribution in [0.5, 0.6) is 0 Å². The number of aliphatic carboxylic acids is 2. The third-order valence-corrected chi connectivity index (χ3v) is 7.40. The summed E-state index contributed by atoms with van der Waals surface area (Å²) in [4.78, 5) is 36.5. The molecule has 200 valence electrons. The third kappa shape index (κ3) is 10.00. The smallest absolute Gasteiger partial charge is 0.414 e. The molecule has 0 spiro atoms. The van der Waals surface area contributed by atoms with Crippen molar-refractivity contribution < 1.29 is 24.6 Å². The Bertz CT molecular complexity index is 956. The van der Waals surface area contributed by atoms with Crippen LogP contribution in [0.25, 0.3) is 0 Å². The summed E-state index contributed by atoms with van der Waals surface area (Å²) in [5.41, 5.74) is 2.52. The minimum Gasteiger partial charge on any atom is -0.473 e. The van der Waals surface area contributed by atoms with Crippen LogP contribution in [0.1, 0.15) is 56.1 Å². The van der Waals surface area contributed by atoms with Crippen molar-refractivity contribution in [3.05, 3.63) is 71.8 Å². The van der Waals surface area contributed by atoms with Crippen LogP contribution in [0.15, 0.2) is 60.7 Å². The largest absolute Gasteiger partial charge is 0.473 e. The molecule has 7 heteroatoms. The second-order valence-corrected chi connectivity index (χ2v) is 10.2. The molecule has 1 amide bonds. The molecule has 2 aromatic carbocycles. The van der Waals surface area contributed by atoms with Crippen LogP contribution >= 0.6 is 0 Å². The molecule has 2 N–H and O–H groups in total. The first-order chi connectivity index (χ1) is 17.9. The topological polar surface area (TPSA) is 98.2 Å². The van der Waals surface area contributed by atoms with Crippen molar-refractivity contribution in [1.82, 2.24) is 9.80 Å². The Morgan fingerprint density at radius 3 is 1.84 bits per heavy atom. The number of amides is 1. The number of hydrogen-bond acceptors (Lipinski definition) is 4. The van der Waals surface area contributed by atoms with Crippen molar-refractivity contribution >= 4 is 17.8 Å². The quantitative estimate of drug-likeness (QED) is 0.502. The van der Waals surface area contributed by atoms with Crippen LogP contribution < -0.4 is 0 Å². The molecular formula is C30H40N2O5. The van der Waals surface area contributed by atoms with Crippen molar-refractivity contribution in [2.45, 2.75) is 57.9 Å². The highest BCUT2D eigenvalue weighted by Gasteiger charge is 2.29. The molecule has 0 aromatic heterocycles. The SMILES string of the molecule is O=C(C1CCN(CC2CCCCC2)CC1)N(CCc1ccccc1)Cc1ccccc1.O=C(O)C(=O)O. The normalized spacial score (nSPS) is 16.9. The van der Waals surface area contributed by atoms with Gasteiger partial charge in [-0.2, -0.15) is 0 Å². The van der Waals surface area contributed by atoms with Gasteiger partial charge in [-0.05, 0) is 62.2 Å². The summed E-state index contributed by atoms with van der Waals surface area (Å²) in [5, 5.41) is 14.8. The standard InChI is InChI=1S/C28H38N2O.C2H2O4/c31-28(27-17-19-29(20-18-27)22-25-12-6-2-7-13-25)30(23-26-14-8-3-9-15-26)21-16-24-10-4-1-5-11-24;3-1(4)2(5)6/h1,3-5,8-11,14-15,25,27H,2,6-7,12-13,16-23H2;(H,3,4)(H,5,6). The number of nitrogens with zero attached hydrogens (tertiary/aromatic N) is 2. The second-order valence-electron chi connectivity index (χ2n) is 10.2. The summed E-state index contributed by atoms with van der Waals surface area (Å²) in [6.07, 6.45) is 10.0. The predicted octanol–water partition coefficient (Wildman–Crippen LogP) is 4.71. The number of likely N-dealkylation sites (tertiary alicyclic amines) is 1. The first-order valence-electron chi connectivity index (χ1n) is 13.5. The molecule has 2 aliphatic rings. The molecule has 0 unspecified atom stereocenters. The number of carboxylic acid groups (broad SMARTS) is 2. The minimum atomic E-state index is -1.82. The summed E-state index contributed by atoms with van der Waals surface area (Å²) < 4.78 is 0. The van der Waals surface area contributed by atoms with Gasteiger partial charge in [0, 0.05) is 25.6 Å². The summed E-state index contributed by atoms with van der Waals surface area (Å²) in [5.74, 6) is -2.22. The Morgan fingerprint density at radius 1 is 0.757 bits per heavy atom. The number of benzene rings is 2. The van der Waals surface area contributed by atoms with Crippen LogP contribution in [0.2, 0.25) is 0 Å². The van der Waals surface area contributed by atoms with Gasteiger partial charge in [0.05, 0.1) is 0 Å². The Balaban J connectivity index is 0.000000568. The zero-order chi connectivity index (χ0) is 26.5. The molecule has 1 saturated carbocycles. The highest BCUT2D eigenvalue weighted by Crippen LogP contribution is 2.27. The van der Waals surface area contributed by atoms with E-state index in [0.717, 1.165) is 51.4 Å². The number of piperidine rings is 1. The van der Waals surface area contributed by atoms with Crippen LogP contribution in [0.4, 0.5) is 0 Å². The summed E-state index contributed by atoms with van der Waals surface area (Å²) >= 11 is 0. The third-order valence-electron chi connectivity index (χ3n) is 7.40. The number of carboxylic acids is 2. The monoisotopic (exact) mass is 508 g/mol. The lowest BCUT2D eigenvalue weighted by atomic mass is 9.87. The molecular weight excluding hydrogens is 468 g/mol. The van der Waals surface area contributed by atoms with Crippen LogP contribution in [0.3, 0.4) is 0 Å². The Kier molecular flexibility index (Phi) is 11.6. The van der Waals surface area contributed by atoms with E-state index in [-0.39, 0.29) is 5.92 Å². The molecule has 1 aliphatic carbocycles. The van der Waals surface area contributed by atoms with Gasteiger partial charge in [0.2, 0.25) is 5.91 Å². The van der Waals surface area contributed by atoms with Gasteiger partial charge in [-0.3, -0.25) is 4.79 Å². The van der Waals surface area contributed by atoms with E-state index in [0.29, 0.717) is 5.91 Å². The molecule has 7 nitrogen and oxygen atoms in total. The zero-order valence-corrected chi connectivity index (χ0v) is 21.6. The van der Waals surface area contributed by atoms with E-state index in [9.17, 15) is 4.79 Å². The molecule has 37 heavy (non-hydrogen) atoms. The van der Waals surface area contributed by atoms with Crippen molar-refractivity contribution in [2.24, 2.45) is 11.8 Å². The van der Waals surface area contributed by atoms with E-state index in [1.54, 1.807) is 0 Å².